The van der Waals surface area contributed by atoms with Gasteiger partial charge in [-0.05, 0) is 24.0 Å². The minimum Gasteiger partial charge on any atom is -0.389 e. The molecule has 0 unspecified atom stereocenters. The average Bonchev–Trinajstić information content (AvgIpc) is 2.68. The van der Waals surface area contributed by atoms with Gasteiger partial charge in [-0.2, -0.15) is 0 Å². The van der Waals surface area contributed by atoms with Gasteiger partial charge in [0.25, 0.3) is 0 Å². The molecule has 0 aliphatic carbocycles. The van der Waals surface area contributed by atoms with Crippen molar-refractivity contribution in [3.63, 3.8) is 0 Å². The lowest BCUT2D eigenvalue weighted by Crippen LogP contribution is -2.58. The van der Waals surface area contributed by atoms with Crippen LogP contribution in [0.4, 0.5) is 0 Å². The van der Waals surface area contributed by atoms with E-state index in [1.165, 1.54) is 11.1 Å². The largest absolute Gasteiger partial charge is 0.389 e. The molecule has 1 aliphatic heterocycles. The molecule has 2 aromatic rings. The number of benzene rings is 2. The lowest BCUT2D eigenvalue weighted by Gasteiger charge is -2.53. The highest BCUT2D eigenvalue weighted by molar-refractivity contribution is 5.28. The van der Waals surface area contributed by atoms with Crippen molar-refractivity contribution in [3.8, 4) is 0 Å². The molecule has 2 nitrogen and oxygen atoms in total. The first-order chi connectivity index (χ1) is 12.6. The monoisotopic (exact) mass is 349 g/mol. The van der Waals surface area contributed by atoms with Gasteiger partial charge >= 0.3 is 0 Å². The van der Waals surface area contributed by atoms with E-state index in [2.05, 4.69) is 74.3 Å². The molecule has 3 rings (SSSR count). The van der Waals surface area contributed by atoms with Crippen molar-refractivity contribution in [3.05, 3.63) is 84.4 Å². The summed E-state index contributed by atoms with van der Waals surface area (Å²) in [6.45, 7) is 8.32. The van der Waals surface area contributed by atoms with Crippen LogP contribution in [0, 0.1) is 11.8 Å². The second-order valence-corrected chi connectivity index (χ2v) is 7.61. The lowest BCUT2D eigenvalue weighted by atomic mass is 9.63. The summed E-state index contributed by atoms with van der Waals surface area (Å²) in [6, 6.07) is 21.3. The summed E-state index contributed by atoms with van der Waals surface area (Å²) in [5.41, 5.74) is 1.71. The van der Waals surface area contributed by atoms with Crippen molar-refractivity contribution in [2.24, 2.45) is 11.8 Å². The molecule has 1 heterocycles. The minimum absolute atomic E-state index is 0.0967. The number of hydrogen-bond acceptors (Lipinski definition) is 2. The topological polar surface area (TPSA) is 32.3 Å². The summed E-state index contributed by atoms with van der Waals surface area (Å²) in [4.78, 5) is 0. The maximum Gasteiger partial charge on any atom is 0.0771 e. The molecule has 26 heavy (non-hydrogen) atoms. The van der Waals surface area contributed by atoms with Crippen LogP contribution < -0.4 is 5.32 Å². The molecule has 0 amide bonds. The van der Waals surface area contributed by atoms with Crippen LogP contribution in [-0.4, -0.2) is 10.7 Å². The SMILES string of the molecule is C=CC[C@]1(O)[C@H](C)[C@H](c2ccccc2)N[C@@H](c2ccccc2)[C@@H]1CCC. The van der Waals surface area contributed by atoms with E-state index in [4.69, 9.17) is 0 Å². The first-order valence-corrected chi connectivity index (χ1v) is 9.81. The smallest absolute Gasteiger partial charge is 0.0771 e. The van der Waals surface area contributed by atoms with Gasteiger partial charge in [-0.25, -0.2) is 0 Å². The molecule has 0 saturated carbocycles. The van der Waals surface area contributed by atoms with Crippen LogP contribution in [-0.2, 0) is 0 Å². The highest BCUT2D eigenvalue weighted by Crippen LogP contribution is 2.50. The van der Waals surface area contributed by atoms with E-state index >= 15 is 0 Å². The summed E-state index contributed by atoms with van der Waals surface area (Å²) < 4.78 is 0. The zero-order valence-electron chi connectivity index (χ0n) is 15.9. The summed E-state index contributed by atoms with van der Waals surface area (Å²) in [7, 11) is 0. The molecule has 0 aromatic heterocycles. The molecule has 0 spiro atoms. The zero-order valence-corrected chi connectivity index (χ0v) is 15.9. The van der Waals surface area contributed by atoms with E-state index in [1.807, 2.05) is 18.2 Å². The van der Waals surface area contributed by atoms with E-state index in [0.29, 0.717) is 6.42 Å². The number of aliphatic hydroxyl groups is 1. The third kappa shape index (κ3) is 3.49. The number of nitrogens with one attached hydrogen (secondary N) is 1. The quantitative estimate of drug-likeness (QED) is 0.681. The molecule has 1 fully saturated rings. The highest BCUT2D eigenvalue weighted by atomic mass is 16.3. The molecular weight excluding hydrogens is 318 g/mol. The van der Waals surface area contributed by atoms with Crippen molar-refractivity contribution < 1.29 is 5.11 Å². The lowest BCUT2D eigenvalue weighted by molar-refractivity contribution is -0.117. The van der Waals surface area contributed by atoms with Gasteiger partial charge in [0.05, 0.1) is 5.60 Å². The molecule has 2 N–H and O–H groups in total. The Morgan fingerprint density at radius 1 is 1.00 bits per heavy atom. The van der Waals surface area contributed by atoms with Gasteiger partial charge in [-0.15, -0.1) is 6.58 Å². The van der Waals surface area contributed by atoms with Gasteiger partial charge in [-0.3, -0.25) is 0 Å². The van der Waals surface area contributed by atoms with Crippen molar-refractivity contribution in [1.29, 1.82) is 0 Å². The first-order valence-electron chi connectivity index (χ1n) is 9.81. The Kier molecular flexibility index (Phi) is 5.95. The zero-order chi connectivity index (χ0) is 18.6. The fourth-order valence-corrected chi connectivity index (χ4v) is 4.70. The number of hydrogen-bond donors (Lipinski definition) is 2. The maximum absolute atomic E-state index is 11.9. The Hall–Kier alpha value is -1.90. The standard InChI is InChI=1S/C24H31NO/c1-4-12-21-23(20-15-10-7-11-16-20)25-22(19-13-8-6-9-14-19)18(3)24(21,26)17-5-2/h5-11,13-16,18,21-23,25-26H,2,4,12,17H2,1,3H3/t18-,21+,22-,23+,24+/m1/s1. The highest BCUT2D eigenvalue weighted by Gasteiger charge is 2.51. The Morgan fingerprint density at radius 3 is 2.04 bits per heavy atom. The minimum atomic E-state index is -0.774. The van der Waals surface area contributed by atoms with Gasteiger partial charge in [0.1, 0.15) is 0 Å². The molecule has 1 aliphatic rings. The predicted octanol–water partition coefficient (Wildman–Crippen LogP) is 5.43. The summed E-state index contributed by atoms with van der Waals surface area (Å²) in [6.07, 6.45) is 4.54. The van der Waals surface area contributed by atoms with Crippen LogP contribution in [0.15, 0.2) is 73.3 Å². The van der Waals surface area contributed by atoms with Crippen LogP contribution in [0.3, 0.4) is 0 Å². The van der Waals surface area contributed by atoms with Crippen molar-refractivity contribution in [1.82, 2.24) is 5.32 Å². The van der Waals surface area contributed by atoms with Crippen LogP contribution in [0.2, 0.25) is 0 Å². The Labute approximate surface area is 158 Å². The number of rotatable bonds is 6. The van der Waals surface area contributed by atoms with Crippen LogP contribution in [0.25, 0.3) is 0 Å². The number of piperidine rings is 1. The molecular formula is C24H31NO. The normalized spacial score (nSPS) is 31.5. The van der Waals surface area contributed by atoms with Crippen molar-refractivity contribution >= 4 is 0 Å². The van der Waals surface area contributed by atoms with Gasteiger partial charge < -0.3 is 10.4 Å². The Morgan fingerprint density at radius 2 is 1.54 bits per heavy atom. The van der Waals surface area contributed by atoms with Crippen LogP contribution in [0.1, 0.15) is 56.3 Å². The molecule has 2 aromatic carbocycles. The second-order valence-electron chi connectivity index (χ2n) is 7.61. The molecule has 5 atom stereocenters. The molecule has 1 saturated heterocycles. The summed E-state index contributed by atoms with van der Waals surface area (Å²) in [5.74, 6) is 0.252. The van der Waals surface area contributed by atoms with Gasteiger partial charge in [0.15, 0.2) is 0 Å². The van der Waals surface area contributed by atoms with Crippen LogP contribution >= 0.6 is 0 Å². The van der Waals surface area contributed by atoms with E-state index < -0.39 is 5.60 Å². The molecule has 2 heteroatoms. The summed E-state index contributed by atoms with van der Waals surface area (Å²) >= 11 is 0. The van der Waals surface area contributed by atoms with E-state index in [9.17, 15) is 5.11 Å². The third-order valence-electron chi connectivity index (χ3n) is 6.08. The van der Waals surface area contributed by atoms with Crippen LogP contribution in [0.5, 0.6) is 0 Å². The van der Waals surface area contributed by atoms with Crippen molar-refractivity contribution in [2.45, 2.75) is 50.8 Å². The Bertz CT molecular complexity index is 699. The third-order valence-corrected chi connectivity index (χ3v) is 6.08. The van der Waals surface area contributed by atoms with E-state index in [0.717, 1.165) is 12.8 Å². The summed E-state index contributed by atoms with van der Waals surface area (Å²) in [5, 5.41) is 15.8. The predicted molar refractivity (Wildman–Crippen MR) is 109 cm³/mol. The van der Waals surface area contributed by atoms with Gasteiger partial charge in [-0.1, -0.05) is 87.0 Å². The van der Waals surface area contributed by atoms with Gasteiger partial charge in [0, 0.05) is 23.9 Å². The second kappa shape index (κ2) is 8.20. The maximum atomic E-state index is 11.9. The average molecular weight is 350 g/mol. The van der Waals surface area contributed by atoms with E-state index in [1.54, 1.807) is 0 Å². The van der Waals surface area contributed by atoms with Crippen molar-refractivity contribution in [2.75, 3.05) is 0 Å². The fourth-order valence-electron chi connectivity index (χ4n) is 4.70. The fraction of sp³-hybridized carbons (Fsp3) is 0.417. The first kappa shape index (κ1) is 18.9. The van der Waals surface area contributed by atoms with Gasteiger partial charge in [0.2, 0.25) is 0 Å². The molecule has 138 valence electrons. The molecule has 0 bridgehead atoms. The van der Waals surface area contributed by atoms with E-state index in [-0.39, 0.29) is 23.9 Å². The Balaban J connectivity index is 2.07. The molecule has 0 radical (unpaired) electrons.